The van der Waals surface area contributed by atoms with Crippen LogP contribution in [0.25, 0.3) is 10.8 Å². The summed E-state index contributed by atoms with van der Waals surface area (Å²) in [5.41, 5.74) is 53.0. The van der Waals surface area contributed by atoms with Crippen LogP contribution in [0, 0.1) is 27.0 Å². The van der Waals surface area contributed by atoms with Gasteiger partial charge in [0, 0.05) is 65.1 Å². The average molecular weight is 2030 g/mol. The number of hydrogen-bond acceptors (Lipinski definition) is 25. The van der Waals surface area contributed by atoms with Crippen molar-refractivity contribution in [1.29, 1.82) is 27.0 Å². The number of phenolic OH excluding ortho intramolecular Hbond substituents is 2. The number of aromatic hydroxyl groups is 2. The van der Waals surface area contributed by atoms with Crippen LogP contribution >= 0.6 is 0 Å². The van der Waals surface area contributed by atoms with Gasteiger partial charge in [0.25, 0.3) is 0 Å². The normalized spacial score (nSPS) is 20.3. The SMILES string of the molecule is N=C(N)NCCC[C@H](NC(=O)[C@@H]1CCCCCCC(NC(=O)[C@H](Cc2ccc3ccccc3c2)NC(=O)[C@H](CCCNC(=N)N)NC(=O)[C@@H](N)CCCNC(=N)N)C(=O)N[C@@H](Cc2ccc(O)cc2)C(=O)N[C@@H](CCCNC(=N)N)C(=O)N[C@@H](CCCCN)C(=O)N[C@H](CCCCN)C(=O)N2CCC[C@@H]2C(=O)N[C@@H](Cc2ccc(O)cc2)C(=O)N[C@@H](CCCNC(=N)N)C(=O)N[C@@H](CCCNC(N)=O)C(=O)N1)C(=O)O. The second-order valence-corrected chi connectivity index (χ2v) is 35.9. The van der Waals surface area contributed by atoms with Gasteiger partial charge in [-0.3, -0.25) is 89.4 Å². The molecular formula is C94H149N33O18. The molecule has 4 aromatic rings. The first-order valence-corrected chi connectivity index (χ1v) is 49.0. The number of carboxylic acid groups (broad SMARTS) is 1. The zero-order valence-corrected chi connectivity index (χ0v) is 81.7. The quantitative estimate of drug-likeness (QED) is 0.0112. The molecule has 2 saturated heterocycles. The molecule has 0 aliphatic carbocycles. The number of phenols is 2. The highest BCUT2D eigenvalue weighted by atomic mass is 16.4. The maximum absolute atomic E-state index is 15.9. The van der Waals surface area contributed by atoms with Crippen molar-refractivity contribution in [2.24, 2.45) is 51.6 Å². The summed E-state index contributed by atoms with van der Waals surface area (Å²) in [7, 11) is 0. The number of carbonyl (C=O) groups excluding carboxylic acids is 14. The number of fused-ring (bicyclic) bond motifs is 2. The minimum Gasteiger partial charge on any atom is -0.508 e. The van der Waals surface area contributed by atoms with Gasteiger partial charge in [-0.05, 0) is 206 Å². The van der Waals surface area contributed by atoms with E-state index >= 15 is 52.7 Å². The van der Waals surface area contributed by atoms with Crippen LogP contribution in [0.2, 0.25) is 0 Å². The molecule has 15 amide bonds. The Bertz CT molecular complexity index is 5000. The van der Waals surface area contributed by atoms with Crippen molar-refractivity contribution in [3.8, 4) is 11.5 Å². The van der Waals surface area contributed by atoms with Crippen molar-refractivity contribution in [2.45, 2.75) is 271 Å². The zero-order chi connectivity index (χ0) is 106. The van der Waals surface area contributed by atoms with Gasteiger partial charge < -0.3 is 168 Å². The van der Waals surface area contributed by atoms with E-state index in [4.69, 9.17) is 78.6 Å². The molecule has 2 aliphatic heterocycles. The number of amides is 15. The minimum absolute atomic E-state index is 0.000711. The fourth-order valence-corrected chi connectivity index (χ4v) is 16.5. The van der Waals surface area contributed by atoms with Gasteiger partial charge in [0.2, 0.25) is 76.8 Å². The third kappa shape index (κ3) is 44.5. The predicted octanol–water partition coefficient (Wildman–Crippen LogP) is -5.12. The Labute approximate surface area is 840 Å². The number of nitrogens with two attached hydrogens (primary N) is 9. The van der Waals surface area contributed by atoms with E-state index < -0.39 is 204 Å². The Hall–Kier alpha value is -15.2. The Morgan fingerprint density at radius 3 is 1.26 bits per heavy atom. The van der Waals surface area contributed by atoms with E-state index in [0.717, 1.165) is 10.8 Å². The molecule has 51 nitrogen and oxygen atoms in total. The smallest absolute Gasteiger partial charge is 0.326 e. The molecule has 2 fully saturated rings. The maximum atomic E-state index is 15.9. The Morgan fingerprint density at radius 2 is 0.786 bits per heavy atom. The fourth-order valence-electron chi connectivity index (χ4n) is 16.5. The van der Waals surface area contributed by atoms with Gasteiger partial charge >= 0.3 is 12.0 Å². The number of primary amides is 1. The first-order valence-electron chi connectivity index (χ1n) is 49.0. The van der Waals surface area contributed by atoms with Crippen molar-refractivity contribution in [3.05, 3.63) is 108 Å². The van der Waals surface area contributed by atoms with Crippen molar-refractivity contribution in [2.75, 3.05) is 58.9 Å². The van der Waals surface area contributed by atoms with Gasteiger partial charge in [-0.2, -0.15) is 0 Å². The number of carboxylic acids is 1. The molecule has 0 saturated carbocycles. The summed E-state index contributed by atoms with van der Waals surface area (Å²) >= 11 is 0. The van der Waals surface area contributed by atoms with Crippen molar-refractivity contribution < 1.29 is 87.2 Å². The zero-order valence-electron chi connectivity index (χ0n) is 81.7. The number of guanidine groups is 5. The molecule has 0 spiro atoms. The summed E-state index contributed by atoms with van der Waals surface area (Å²) in [5, 5.41) is 120. The number of hydrogen-bond donors (Lipinski definition) is 35. The van der Waals surface area contributed by atoms with Gasteiger partial charge in [-0.15, -0.1) is 0 Å². The molecule has 2 aliphatic rings. The van der Waals surface area contributed by atoms with E-state index in [0.29, 0.717) is 29.5 Å². The number of urea groups is 1. The minimum atomic E-state index is -1.72. The summed E-state index contributed by atoms with van der Waals surface area (Å²) in [6.45, 7) is 0.162. The molecule has 798 valence electrons. The Kier molecular flexibility index (Phi) is 52.0. The van der Waals surface area contributed by atoms with Crippen LogP contribution in [-0.4, -0.2) is 282 Å². The highest BCUT2D eigenvalue weighted by Gasteiger charge is 2.42. The molecule has 2 heterocycles. The summed E-state index contributed by atoms with van der Waals surface area (Å²) in [5.74, 6) is -16.3. The Balaban J connectivity index is 1.57. The van der Waals surface area contributed by atoms with Crippen molar-refractivity contribution in [1.82, 2.24) is 101 Å². The topological polar surface area (TPSA) is 890 Å². The lowest BCUT2D eigenvalue weighted by molar-refractivity contribution is -0.143. The van der Waals surface area contributed by atoms with Crippen molar-refractivity contribution in [3.63, 3.8) is 0 Å². The lowest BCUT2D eigenvalue weighted by atomic mass is 9.99. The van der Waals surface area contributed by atoms with Crippen LogP contribution in [0.15, 0.2) is 91.0 Å². The van der Waals surface area contributed by atoms with E-state index in [9.17, 15) is 34.5 Å². The first-order chi connectivity index (χ1) is 69.2. The molecule has 1 unspecified atom stereocenters. The second-order valence-electron chi connectivity index (χ2n) is 35.9. The van der Waals surface area contributed by atoms with Crippen LogP contribution in [0.1, 0.15) is 184 Å². The van der Waals surface area contributed by atoms with E-state index in [1.807, 2.05) is 18.2 Å². The van der Waals surface area contributed by atoms with Crippen LogP contribution in [-0.2, 0) is 86.4 Å². The Morgan fingerprint density at radius 1 is 0.386 bits per heavy atom. The first kappa shape index (κ1) is 119. The summed E-state index contributed by atoms with van der Waals surface area (Å²) in [6.07, 6.45) is -1.11. The van der Waals surface area contributed by atoms with Gasteiger partial charge in [0.05, 0.1) is 6.04 Å². The van der Waals surface area contributed by atoms with Crippen molar-refractivity contribution >= 4 is 129 Å². The van der Waals surface area contributed by atoms with Gasteiger partial charge in [0.15, 0.2) is 29.8 Å². The van der Waals surface area contributed by atoms with Crippen LogP contribution in [0.4, 0.5) is 4.79 Å². The molecule has 6 rings (SSSR count). The molecule has 14 atom stereocenters. The standard InChI is InChI=1S/C94H149N33O18/c95-41-9-7-23-64-79(134)122-69(24-8-10-42-96)87(142)127-49-17-30-74(127)86(141)126-72(52-55-34-39-60(129)40-35-55)84(139)121-68(27-14-46-112-92(104)105)78(133)118-66(28-15-48-114-94(108)145)76(131)116-62(80(135)123-70(88(143)144)29-16-47-113-93(106)107)21-3-1-2-4-22-63(81(136)124-71(51-54-32-37-59(128)38-33-54)83(138)120-67(77(132)117-64)26-13-45-111-91(102)103)119-85(140)73(53-56-31-36-57-18-5-6-19-58(57)50-56)125-82(137)65(25-12-44-110-90(100)101)115-75(130)61(97)20-11-43-109-89(98)99/h5-6,18-19,31-40,50,61-74,128-129H,1-4,7-17,20-30,41-49,51-53,95-97H2,(H,115,130)(H,116,131)(H,117,132)(H,118,133)(H,119,140)(H,120,138)(H,121,139)(H,122,134)(H,123,135)(H,124,136)(H,125,137)(H,126,141)(H,143,144)(H4,98,99,109)(H4,100,101,110)(H4,102,103,111)(H4,104,105,112)(H4,106,107,113)(H3,108,114,145)/t61-,62-,63?,64-,65-,66-,67-,68-,69+,70-,71-,72-,73-,74+/m0/s1. The van der Waals surface area contributed by atoms with Gasteiger partial charge in [-0.1, -0.05) is 92.4 Å². The molecule has 0 aromatic heterocycles. The number of nitrogens with one attached hydrogen (secondary N) is 23. The third-order valence-corrected chi connectivity index (χ3v) is 24.3. The molecule has 4 aromatic carbocycles. The maximum Gasteiger partial charge on any atom is 0.326 e. The summed E-state index contributed by atoms with van der Waals surface area (Å²) in [6, 6.07) is 0.892. The molecule has 51 heteroatoms. The molecule has 0 radical (unpaired) electrons. The average Bonchev–Trinajstić information content (AvgIpc) is 1.82. The third-order valence-electron chi connectivity index (χ3n) is 24.3. The number of unbranched alkanes of at least 4 members (excludes halogenated alkanes) is 2. The number of aliphatic carboxylic acids is 1. The lowest BCUT2D eigenvalue weighted by Gasteiger charge is -2.31. The molecule has 0 bridgehead atoms. The van der Waals surface area contributed by atoms with E-state index in [1.54, 1.807) is 24.3 Å². The van der Waals surface area contributed by atoms with Crippen LogP contribution < -0.4 is 147 Å². The highest BCUT2D eigenvalue weighted by molar-refractivity contribution is 6.01. The summed E-state index contributed by atoms with van der Waals surface area (Å²) in [4.78, 5) is 225. The number of carbonyl (C=O) groups is 15. The number of benzene rings is 4. The second kappa shape index (κ2) is 63.7. The summed E-state index contributed by atoms with van der Waals surface area (Å²) < 4.78 is 0. The van der Waals surface area contributed by atoms with E-state index in [-0.39, 0.29) is 243 Å². The van der Waals surface area contributed by atoms with Gasteiger partial charge in [0.1, 0.15) is 90.0 Å². The lowest BCUT2D eigenvalue weighted by Crippen LogP contribution is -2.61. The predicted molar refractivity (Wildman–Crippen MR) is 541 cm³/mol. The number of rotatable bonds is 47. The molecule has 145 heavy (non-hydrogen) atoms. The number of nitrogens with zero attached hydrogens (tertiary/aromatic N) is 1. The molecule has 44 N–H and O–H groups in total. The van der Waals surface area contributed by atoms with E-state index in [1.165, 1.54) is 53.4 Å². The fraction of sp³-hybridized carbons (Fsp3) is 0.553. The highest BCUT2D eigenvalue weighted by Crippen LogP contribution is 2.25. The monoisotopic (exact) mass is 2030 g/mol. The molecular weight excluding hydrogens is 1880 g/mol. The van der Waals surface area contributed by atoms with Crippen LogP contribution in [0.5, 0.6) is 11.5 Å². The van der Waals surface area contributed by atoms with Crippen LogP contribution in [0.3, 0.4) is 0 Å². The van der Waals surface area contributed by atoms with Gasteiger partial charge in [-0.25, -0.2) is 9.59 Å². The van der Waals surface area contributed by atoms with E-state index in [2.05, 4.69) is 95.7 Å². The largest absolute Gasteiger partial charge is 0.508 e.